The molecule has 1 atom stereocenters. The van der Waals surface area contributed by atoms with Crippen molar-refractivity contribution in [3.8, 4) is 5.75 Å². The molecule has 4 rings (SSSR count). The van der Waals surface area contributed by atoms with E-state index in [0.717, 1.165) is 38.0 Å². The van der Waals surface area contributed by atoms with Gasteiger partial charge in [-0.3, -0.25) is 0 Å². The minimum absolute atomic E-state index is 0.341. The Morgan fingerprint density at radius 2 is 1.90 bits per heavy atom. The van der Waals surface area contributed by atoms with Crippen molar-refractivity contribution in [1.29, 1.82) is 0 Å². The van der Waals surface area contributed by atoms with Crippen LogP contribution in [-0.2, 0) is 18.4 Å². The van der Waals surface area contributed by atoms with Gasteiger partial charge in [-0.2, -0.15) is 0 Å². The Morgan fingerprint density at radius 3 is 2.85 bits per heavy atom. The lowest BCUT2D eigenvalue weighted by atomic mass is 9.73. The van der Waals surface area contributed by atoms with Gasteiger partial charge in [-0.05, 0) is 53.6 Å². The van der Waals surface area contributed by atoms with Crippen molar-refractivity contribution >= 4 is 0 Å². The quantitative estimate of drug-likeness (QED) is 0.859. The van der Waals surface area contributed by atoms with Crippen LogP contribution in [0.25, 0.3) is 0 Å². The number of ether oxygens (including phenoxy) is 1. The van der Waals surface area contributed by atoms with E-state index in [1.807, 2.05) is 0 Å². The van der Waals surface area contributed by atoms with Crippen LogP contribution in [0.15, 0.2) is 42.5 Å². The van der Waals surface area contributed by atoms with Crippen LogP contribution in [0.2, 0.25) is 0 Å². The van der Waals surface area contributed by atoms with E-state index >= 15 is 0 Å². The molecule has 102 valence electrons. The van der Waals surface area contributed by atoms with Gasteiger partial charge in [0.2, 0.25) is 0 Å². The second kappa shape index (κ2) is 4.35. The third-order valence-corrected chi connectivity index (χ3v) is 4.72. The van der Waals surface area contributed by atoms with Crippen LogP contribution in [0, 0.1) is 0 Å². The molecule has 0 saturated heterocycles. The van der Waals surface area contributed by atoms with Gasteiger partial charge >= 0.3 is 0 Å². The fourth-order valence-electron chi connectivity index (χ4n) is 3.63. The van der Waals surface area contributed by atoms with Crippen molar-refractivity contribution in [2.24, 2.45) is 5.73 Å². The molecule has 2 aromatic rings. The molecule has 1 aliphatic heterocycles. The molecule has 0 radical (unpaired) electrons. The topological polar surface area (TPSA) is 35.2 Å². The summed E-state index contributed by atoms with van der Waals surface area (Å²) in [4.78, 5) is 0. The molecule has 2 heteroatoms. The molecule has 0 bridgehead atoms. The van der Waals surface area contributed by atoms with Gasteiger partial charge in [0.05, 0.1) is 12.1 Å². The Labute approximate surface area is 119 Å². The van der Waals surface area contributed by atoms with Gasteiger partial charge in [0.15, 0.2) is 0 Å². The van der Waals surface area contributed by atoms with Crippen molar-refractivity contribution in [3.63, 3.8) is 0 Å². The maximum absolute atomic E-state index is 6.85. The number of rotatable bonds is 1. The fraction of sp³-hybridized carbons (Fsp3) is 0.333. The van der Waals surface area contributed by atoms with E-state index in [9.17, 15) is 0 Å². The molecule has 1 unspecified atom stereocenters. The van der Waals surface area contributed by atoms with E-state index in [4.69, 9.17) is 10.5 Å². The van der Waals surface area contributed by atoms with E-state index in [2.05, 4.69) is 42.5 Å². The standard InChI is InChI=1S/C18H19NO/c19-18(10-3-5-13-4-1-2-6-16(13)18)15-7-8-17-14(12-15)9-11-20-17/h1-2,4,6-8,12H,3,5,9-11,19H2. The molecule has 0 spiro atoms. The van der Waals surface area contributed by atoms with Crippen LogP contribution in [0.1, 0.15) is 35.1 Å². The molecular formula is C18H19NO. The van der Waals surface area contributed by atoms with Crippen molar-refractivity contribution in [3.05, 3.63) is 64.7 Å². The van der Waals surface area contributed by atoms with Crippen LogP contribution in [0.3, 0.4) is 0 Å². The predicted molar refractivity (Wildman–Crippen MR) is 80.0 cm³/mol. The Bertz CT molecular complexity index is 664. The zero-order valence-electron chi connectivity index (χ0n) is 11.6. The summed E-state index contributed by atoms with van der Waals surface area (Å²) in [6.45, 7) is 0.799. The van der Waals surface area contributed by atoms with Crippen LogP contribution in [0.5, 0.6) is 5.75 Å². The minimum atomic E-state index is -0.341. The Hall–Kier alpha value is -1.80. The van der Waals surface area contributed by atoms with Crippen molar-refractivity contribution in [1.82, 2.24) is 0 Å². The first-order chi connectivity index (χ1) is 9.77. The molecule has 0 fully saturated rings. The van der Waals surface area contributed by atoms with Gasteiger partial charge in [0.1, 0.15) is 5.75 Å². The first kappa shape index (κ1) is 12.0. The average molecular weight is 265 g/mol. The largest absolute Gasteiger partial charge is 0.493 e. The second-order valence-corrected chi connectivity index (χ2v) is 5.90. The SMILES string of the molecule is NC1(c2ccc3c(c2)CCO3)CCCc2ccccc21. The van der Waals surface area contributed by atoms with Crippen LogP contribution in [-0.4, -0.2) is 6.61 Å². The molecule has 2 nitrogen and oxygen atoms in total. The number of benzene rings is 2. The Morgan fingerprint density at radius 1 is 1.00 bits per heavy atom. The second-order valence-electron chi connectivity index (χ2n) is 5.90. The summed E-state index contributed by atoms with van der Waals surface area (Å²) >= 11 is 0. The highest BCUT2D eigenvalue weighted by atomic mass is 16.5. The summed E-state index contributed by atoms with van der Waals surface area (Å²) in [5.41, 5.74) is 11.7. The van der Waals surface area contributed by atoms with Crippen LogP contribution >= 0.6 is 0 Å². The molecule has 0 saturated carbocycles. The number of fused-ring (bicyclic) bond motifs is 2. The van der Waals surface area contributed by atoms with E-state index in [0.29, 0.717) is 0 Å². The smallest absolute Gasteiger partial charge is 0.122 e. The lowest BCUT2D eigenvalue weighted by molar-refractivity contribution is 0.356. The average Bonchev–Trinajstić information content (AvgIpc) is 2.95. The Kier molecular flexibility index (Phi) is 2.61. The third kappa shape index (κ3) is 1.68. The van der Waals surface area contributed by atoms with E-state index in [1.165, 1.54) is 22.3 Å². The summed E-state index contributed by atoms with van der Waals surface area (Å²) in [5.74, 6) is 1.03. The van der Waals surface area contributed by atoms with E-state index in [-0.39, 0.29) is 5.54 Å². The maximum Gasteiger partial charge on any atom is 0.122 e. The maximum atomic E-state index is 6.85. The lowest BCUT2D eigenvalue weighted by Crippen LogP contribution is -2.41. The normalized spacial score (nSPS) is 23.9. The molecular weight excluding hydrogens is 246 g/mol. The van der Waals surface area contributed by atoms with Crippen LogP contribution in [0.4, 0.5) is 0 Å². The summed E-state index contributed by atoms with van der Waals surface area (Å²) in [6, 6.07) is 15.1. The Balaban J connectivity index is 1.85. The van der Waals surface area contributed by atoms with Gasteiger partial charge in [0.25, 0.3) is 0 Å². The highest BCUT2D eigenvalue weighted by Gasteiger charge is 2.34. The van der Waals surface area contributed by atoms with Gasteiger partial charge in [0, 0.05) is 6.42 Å². The molecule has 2 aliphatic rings. The van der Waals surface area contributed by atoms with Crippen molar-refractivity contribution in [2.45, 2.75) is 31.2 Å². The van der Waals surface area contributed by atoms with Gasteiger partial charge in [-0.1, -0.05) is 30.3 Å². The summed E-state index contributed by atoms with van der Waals surface area (Å²) in [6.07, 6.45) is 4.31. The molecule has 2 aromatic carbocycles. The zero-order chi connectivity index (χ0) is 13.6. The molecule has 2 N–H and O–H groups in total. The highest BCUT2D eigenvalue weighted by Crippen LogP contribution is 2.40. The summed E-state index contributed by atoms with van der Waals surface area (Å²) in [5, 5.41) is 0. The first-order valence-electron chi connectivity index (χ1n) is 7.41. The van der Waals surface area contributed by atoms with Crippen molar-refractivity contribution in [2.75, 3.05) is 6.61 Å². The summed E-state index contributed by atoms with van der Waals surface area (Å²) in [7, 11) is 0. The molecule has 1 aliphatic carbocycles. The molecule has 20 heavy (non-hydrogen) atoms. The monoisotopic (exact) mass is 265 g/mol. The first-order valence-corrected chi connectivity index (χ1v) is 7.41. The third-order valence-electron chi connectivity index (χ3n) is 4.72. The zero-order valence-corrected chi connectivity index (χ0v) is 11.6. The van der Waals surface area contributed by atoms with Crippen molar-refractivity contribution < 1.29 is 4.74 Å². The van der Waals surface area contributed by atoms with Crippen LogP contribution < -0.4 is 10.5 Å². The van der Waals surface area contributed by atoms with Gasteiger partial charge in [-0.25, -0.2) is 0 Å². The molecule has 0 amide bonds. The highest BCUT2D eigenvalue weighted by molar-refractivity contribution is 5.49. The molecule has 0 aromatic heterocycles. The fourth-order valence-corrected chi connectivity index (χ4v) is 3.63. The number of hydrogen-bond acceptors (Lipinski definition) is 2. The predicted octanol–water partition coefficient (Wildman–Crippen LogP) is 3.16. The van der Waals surface area contributed by atoms with E-state index < -0.39 is 0 Å². The minimum Gasteiger partial charge on any atom is -0.493 e. The lowest BCUT2D eigenvalue weighted by Gasteiger charge is -2.36. The van der Waals surface area contributed by atoms with Gasteiger partial charge in [-0.15, -0.1) is 0 Å². The van der Waals surface area contributed by atoms with Gasteiger partial charge < -0.3 is 10.5 Å². The van der Waals surface area contributed by atoms with E-state index in [1.54, 1.807) is 0 Å². The number of aryl methyl sites for hydroxylation is 1. The summed E-state index contributed by atoms with van der Waals surface area (Å²) < 4.78 is 5.60. The number of nitrogens with two attached hydrogens (primary N) is 1. The number of hydrogen-bond donors (Lipinski definition) is 1. The molecule has 1 heterocycles.